The minimum Gasteiger partial charge on any atom is -0.462 e. The number of benzene rings is 2. The summed E-state index contributed by atoms with van der Waals surface area (Å²) >= 11 is 5.48. The maximum atomic E-state index is 13.0. The molecule has 1 amide bonds. The molecular weight excluding hydrogens is 482 g/mol. The van der Waals surface area contributed by atoms with Crippen LogP contribution in [0.1, 0.15) is 80.9 Å². The van der Waals surface area contributed by atoms with Gasteiger partial charge < -0.3 is 20.3 Å². The van der Waals surface area contributed by atoms with Gasteiger partial charge in [-0.05, 0) is 73.3 Å². The molecule has 1 aliphatic heterocycles. The van der Waals surface area contributed by atoms with E-state index in [0.717, 1.165) is 17.7 Å². The lowest BCUT2D eigenvalue weighted by Gasteiger charge is -2.35. The molecule has 2 aromatic carbocycles. The topological polar surface area (TPSA) is 70.7 Å². The van der Waals surface area contributed by atoms with E-state index in [2.05, 4.69) is 17.6 Å². The van der Waals surface area contributed by atoms with E-state index in [1.165, 1.54) is 31.2 Å². The number of thiocarbonyl (C=S) groups is 1. The van der Waals surface area contributed by atoms with Gasteiger partial charge in [0.25, 0.3) is 5.91 Å². The number of esters is 1. The van der Waals surface area contributed by atoms with E-state index < -0.39 is 6.04 Å². The molecule has 198 valence electrons. The van der Waals surface area contributed by atoms with Crippen molar-refractivity contribution >= 4 is 34.9 Å². The first-order chi connectivity index (χ1) is 17.7. The summed E-state index contributed by atoms with van der Waals surface area (Å²) in [4.78, 5) is 27.6. The average Bonchev–Trinajstić information content (AvgIpc) is 2.89. The van der Waals surface area contributed by atoms with Gasteiger partial charge in [0.2, 0.25) is 0 Å². The van der Waals surface area contributed by atoms with E-state index in [-0.39, 0.29) is 17.8 Å². The number of carbonyl (C=O) groups is 2. The van der Waals surface area contributed by atoms with E-state index in [1.807, 2.05) is 76.3 Å². The summed E-state index contributed by atoms with van der Waals surface area (Å²) < 4.78 is 5.55. The monoisotopic (exact) mass is 521 g/mol. The zero-order valence-electron chi connectivity index (χ0n) is 22.6. The number of carbonyl (C=O) groups excluding carboxylic acids is 2. The molecule has 7 heteroatoms. The van der Waals surface area contributed by atoms with Gasteiger partial charge in [-0.3, -0.25) is 4.79 Å². The molecule has 0 aliphatic carbocycles. The summed E-state index contributed by atoms with van der Waals surface area (Å²) in [6, 6.07) is 14.9. The maximum Gasteiger partial charge on any atom is 0.338 e. The molecule has 1 aliphatic rings. The average molecular weight is 522 g/mol. The van der Waals surface area contributed by atoms with E-state index in [9.17, 15) is 9.59 Å². The Labute approximate surface area is 226 Å². The summed E-state index contributed by atoms with van der Waals surface area (Å²) in [5, 5.41) is 6.75. The van der Waals surface area contributed by atoms with Gasteiger partial charge in [-0.25, -0.2) is 4.79 Å². The minimum atomic E-state index is -0.432. The Kier molecular flexibility index (Phi) is 10.3. The first-order valence-electron chi connectivity index (χ1n) is 13.1. The number of unbranched alkanes of at least 4 members (excludes halogenated alkanes) is 3. The molecule has 0 spiro atoms. The van der Waals surface area contributed by atoms with Crippen molar-refractivity contribution in [1.29, 1.82) is 0 Å². The van der Waals surface area contributed by atoms with E-state index in [4.69, 9.17) is 17.0 Å². The van der Waals surface area contributed by atoms with Gasteiger partial charge in [-0.2, -0.15) is 0 Å². The standard InChI is InChI=1S/C30H39N3O3S/c1-6-7-8-9-10-22-11-13-24(14-12-22)28(34)31-25-17-15-23(16-18-25)27-26(29(35)36-19-20(2)3)21(4)33(5)30(37)32-27/h11-18,20,27H,6-10,19H2,1-5H3,(H,31,34)(H,32,37). The van der Waals surface area contributed by atoms with Crippen molar-refractivity contribution in [2.45, 2.75) is 65.8 Å². The van der Waals surface area contributed by atoms with Crippen LogP contribution in [0.15, 0.2) is 59.8 Å². The molecule has 0 saturated carbocycles. The lowest BCUT2D eigenvalue weighted by Crippen LogP contribution is -2.46. The van der Waals surface area contributed by atoms with Crippen molar-refractivity contribution in [3.8, 4) is 0 Å². The first-order valence-corrected chi connectivity index (χ1v) is 13.5. The largest absolute Gasteiger partial charge is 0.462 e. The molecule has 37 heavy (non-hydrogen) atoms. The third kappa shape index (κ3) is 7.65. The normalized spacial score (nSPS) is 15.6. The fourth-order valence-electron chi connectivity index (χ4n) is 4.21. The number of amides is 1. The molecule has 0 radical (unpaired) electrons. The van der Waals surface area contributed by atoms with Gasteiger partial charge in [0, 0.05) is 24.0 Å². The quantitative estimate of drug-likeness (QED) is 0.203. The van der Waals surface area contributed by atoms with Gasteiger partial charge in [0.1, 0.15) is 0 Å². The van der Waals surface area contributed by atoms with Crippen LogP contribution in [-0.2, 0) is 16.0 Å². The zero-order valence-corrected chi connectivity index (χ0v) is 23.4. The molecule has 0 saturated heterocycles. The SMILES string of the molecule is CCCCCCc1ccc(C(=O)Nc2ccc(C3NC(=S)N(C)C(C)=C3C(=O)OCC(C)C)cc2)cc1. The third-order valence-electron chi connectivity index (χ3n) is 6.56. The Morgan fingerprint density at radius 2 is 1.73 bits per heavy atom. The summed E-state index contributed by atoms with van der Waals surface area (Å²) in [6.45, 7) is 8.44. The molecule has 1 atom stereocenters. The van der Waals surface area contributed by atoms with Crippen molar-refractivity contribution in [3.05, 3.63) is 76.5 Å². The van der Waals surface area contributed by atoms with Crippen LogP contribution in [0.3, 0.4) is 0 Å². The van der Waals surface area contributed by atoms with Gasteiger partial charge in [0.05, 0.1) is 18.2 Å². The fourth-order valence-corrected chi connectivity index (χ4v) is 4.47. The minimum absolute atomic E-state index is 0.155. The Bertz CT molecular complexity index is 1120. The number of hydrogen-bond acceptors (Lipinski definition) is 4. The van der Waals surface area contributed by atoms with Crippen LogP contribution in [0, 0.1) is 5.92 Å². The van der Waals surface area contributed by atoms with E-state index in [1.54, 1.807) is 4.90 Å². The number of aryl methyl sites for hydroxylation is 1. The van der Waals surface area contributed by atoms with Crippen molar-refractivity contribution in [2.75, 3.05) is 19.0 Å². The highest BCUT2D eigenvalue weighted by molar-refractivity contribution is 7.80. The Balaban J connectivity index is 1.69. The highest BCUT2D eigenvalue weighted by Gasteiger charge is 2.33. The summed E-state index contributed by atoms with van der Waals surface area (Å²) in [5.41, 5.74) is 4.70. The van der Waals surface area contributed by atoms with Gasteiger partial charge in [0.15, 0.2) is 5.11 Å². The Morgan fingerprint density at radius 1 is 1.05 bits per heavy atom. The molecule has 1 unspecified atom stereocenters. The van der Waals surface area contributed by atoms with Crippen LogP contribution in [0.2, 0.25) is 0 Å². The second-order valence-electron chi connectivity index (χ2n) is 10.0. The van der Waals surface area contributed by atoms with Gasteiger partial charge in [-0.15, -0.1) is 0 Å². The Morgan fingerprint density at radius 3 is 2.35 bits per heavy atom. The lowest BCUT2D eigenvalue weighted by molar-refractivity contribution is -0.140. The number of nitrogens with zero attached hydrogens (tertiary/aromatic N) is 1. The van der Waals surface area contributed by atoms with Crippen molar-refractivity contribution in [3.63, 3.8) is 0 Å². The summed E-state index contributed by atoms with van der Waals surface area (Å²) in [6.07, 6.45) is 5.94. The number of nitrogens with one attached hydrogen (secondary N) is 2. The predicted molar refractivity (Wildman–Crippen MR) is 153 cm³/mol. The molecule has 3 rings (SSSR count). The second kappa shape index (κ2) is 13.4. The molecule has 0 bridgehead atoms. The molecule has 6 nitrogen and oxygen atoms in total. The van der Waals surface area contributed by atoms with Crippen LogP contribution in [0.25, 0.3) is 0 Å². The molecule has 2 aromatic rings. The van der Waals surface area contributed by atoms with Gasteiger partial charge in [-0.1, -0.05) is 64.3 Å². The van der Waals surface area contributed by atoms with E-state index >= 15 is 0 Å². The first kappa shape index (κ1) is 28.4. The number of anilines is 1. The molecule has 0 aromatic heterocycles. The smallest absolute Gasteiger partial charge is 0.338 e. The summed E-state index contributed by atoms with van der Waals surface area (Å²) in [7, 11) is 1.83. The van der Waals surface area contributed by atoms with E-state index in [0.29, 0.717) is 28.5 Å². The Hall–Kier alpha value is -3.19. The van der Waals surface area contributed by atoms with Crippen LogP contribution >= 0.6 is 12.2 Å². The molecule has 0 fully saturated rings. The van der Waals surface area contributed by atoms with Crippen LogP contribution in [-0.4, -0.2) is 35.5 Å². The predicted octanol–water partition coefficient (Wildman–Crippen LogP) is 6.40. The van der Waals surface area contributed by atoms with Crippen LogP contribution in [0.5, 0.6) is 0 Å². The highest BCUT2D eigenvalue weighted by Crippen LogP contribution is 2.31. The highest BCUT2D eigenvalue weighted by atomic mass is 32.1. The maximum absolute atomic E-state index is 13.0. The number of rotatable bonds is 11. The fraction of sp³-hybridized carbons (Fsp3) is 0.433. The lowest BCUT2D eigenvalue weighted by atomic mass is 9.95. The van der Waals surface area contributed by atoms with Gasteiger partial charge >= 0.3 is 5.97 Å². The number of hydrogen-bond donors (Lipinski definition) is 2. The van der Waals surface area contributed by atoms with Crippen LogP contribution in [0.4, 0.5) is 5.69 Å². The third-order valence-corrected chi connectivity index (χ3v) is 6.95. The van der Waals surface area contributed by atoms with Crippen molar-refractivity contribution < 1.29 is 14.3 Å². The molecular formula is C30H39N3O3S. The number of allylic oxidation sites excluding steroid dienone is 1. The van der Waals surface area contributed by atoms with Crippen LogP contribution < -0.4 is 10.6 Å². The molecule has 1 heterocycles. The zero-order chi connectivity index (χ0) is 26.9. The molecule has 2 N–H and O–H groups in total. The second-order valence-corrected chi connectivity index (χ2v) is 10.4. The summed E-state index contributed by atoms with van der Waals surface area (Å²) in [5.74, 6) is -0.273. The van der Waals surface area contributed by atoms with Crippen molar-refractivity contribution in [1.82, 2.24) is 10.2 Å². The van der Waals surface area contributed by atoms with Crippen molar-refractivity contribution in [2.24, 2.45) is 5.92 Å². The number of ether oxygens (including phenoxy) is 1.